The number of phenolic OH excluding ortho intramolecular Hbond substituents is 1. The van der Waals surface area contributed by atoms with Gasteiger partial charge in [0, 0.05) is 49.4 Å². The molecule has 1 aliphatic heterocycles. The molecule has 3 aromatic carbocycles. The van der Waals surface area contributed by atoms with Crippen molar-refractivity contribution < 1.29 is 78.7 Å². The number of aromatic amines is 1. The maximum absolute atomic E-state index is 13.7. The minimum atomic E-state index is -2.94. The lowest BCUT2D eigenvalue weighted by atomic mass is 9.77. The van der Waals surface area contributed by atoms with Gasteiger partial charge in [-0.25, -0.2) is 9.59 Å². The van der Waals surface area contributed by atoms with Crippen LogP contribution in [0.5, 0.6) is 11.5 Å². The maximum Gasteiger partial charge on any atom is 0.337 e. The van der Waals surface area contributed by atoms with Crippen molar-refractivity contribution in [2.75, 3.05) is 19.8 Å². The number of aldehydes is 1. The molecule has 3 aromatic heterocycles. The van der Waals surface area contributed by atoms with E-state index in [0.717, 1.165) is 11.1 Å². The van der Waals surface area contributed by atoms with Crippen molar-refractivity contribution in [1.29, 1.82) is 0 Å². The summed E-state index contributed by atoms with van der Waals surface area (Å²) in [5.74, 6) is -3.40. The number of aromatic hydroxyl groups is 1. The Hall–Kier alpha value is -6.62. The summed E-state index contributed by atoms with van der Waals surface area (Å²) in [5.41, 5.74) is 0.784. The molecule has 8 unspecified atom stereocenters. The number of carboxylic acid groups (broad SMARTS) is 1. The number of hydrogen-bond acceptors (Lipinski definition) is 17. The van der Waals surface area contributed by atoms with Crippen LogP contribution in [0.15, 0.2) is 94.6 Å². The fourth-order valence-electron chi connectivity index (χ4n) is 8.32. The van der Waals surface area contributed by atoms with Crippen molar-refractivity contribution in [2.45, 2.75) is 94.1 Å². The van der Waals surface area contributed by atoms with E-state index in [1.165, 1.54) is 41.3 Å². The van der Waals surface area contributed by atoms with Crippen LogP contribution in [-0.2, 0) is 30.3 Å². The quantitative estimate of drug-likeness (QED) is 0.0153. The smallest absolute Gasteiger partial charge is 0.337 e. The lowest BCUT2D eigenvalue weighted by molar-refractivity contribution is -0.361. The number of unbranched alkanes of at least 4 members (excludes halogenated alkanes) is 1. The van der Waals surface area contributed by atoms with Crippen LogP contribution < -0.4 is 20.3 Å². The molecule has 362 valence electrons. The van der Waals surface area contributed by atoms with Crippen molar-refractivity contribution in [3.05, 3.63) is 107 Å². The Morgan fingerprint density at radius 3 is 2.49 bits per heavy atom. The molecule has 20 heteroatoms. The lowest BCUT2D eigenvalue weighted by Gasteiger charge is -2.51. The van der Waals surface area contributed by atoms with Gasteiger partial charge in [0.1, 0.15) is 41.4 Å². The Kier molecular flexibility index (Phi) is 15.6. The van der Waals surface area contributed by atoms with E-state index in [9.17, 15) is 60.0 Å². The van der Waals surface area contributed by atoms with Crippen LogP contribution in [-0.4, -0.2) is 137 Å². The van der Waals surface area contributed by atoms with E-state index in [4.69, 9.17) is 23.5 Å². The molecule has 0 radical (unpaired) electrons. The van der Waals surface area contributed by atoms with E-state index in [0.29, 0.717) is 53.3 Å². The number of aromatic nitrogens is 2. The number of benzene rings is 3. The highest BCUT2D eigenvalue weighted by molar-refractivity contribution is 5.98. The first kappa shape index (κ1) is 49.3. The van der Waals surface area contributed by atoms with E-state index in [-0.39, 0.29) is 60.4 Å². The molecule has 6 aromatic rings. The molecule has 4 heterocycles. The molecular weight excluding hydrogens is 891 g/mol. The number of aryl methyl sites for hydroxylation is 2. The molecule has 0 spiro atoms. The molecular formula is C48H53N3O17. The van der Waals surface area contributed by atoms with Gasteiger partial charge in [-0.2, -0.15) is 4.73 Å². The average molecular weight is 944 g/mol. The Morgan fingerprint density at radius 1 is 1.00 bits per heavy atom. The highest BCUT2D eigenvalue weighted by Crippen LogP contribution is 2.40. The number of fused-ring (bicyclic) bond motifs is 2. The van der Waals surface area contributed by atoms with Crippen LogP contribution in [0.1, 0.15) is 43.2 Å². The third kappa shape index (κ3) is 10.4. The number of H-pyrrole nitrogens is 1. The maximum atomic E-state index is 13.7. The summed E-state index contributed by atoms with van der Waals surface area (Å²) < 4.78 is 24.7. The van der Waals surface area contributed by atoms with Crippen LogP contribution in [0.25, 0.3) is 44.3 Å². The number of rotatable bonds is 22. The van der Waals surface area contributed by atoms with Gasteiger partial charge in [0.05, 0.1) is 28.8 Å². The standard InChI is InChI=1S/C48H53N3O17/c1-26-20-27(6-2-3-17-52)22-30(21-26)39-37-29(14-16-50-37)24-51(39)68-43-47(65-32-12-13-33-35(23-32)64-25-34(40(33)57)28-8-10-31(55)11-9-28)66-41(42(58)48(43,63)36(56)7-4-18-53)46(62)67-45(61)38(44(59)60)49-15-5-19-54/h8-14,16,19-25,36,38,41-43,46-47,49-50,52-53,55-56,58,62-63H,2-7,15,17-18H2,1H3,(H,59,60). The average Bonchev–Trinajstić information content (AvgIpc) is 3.91. The zero-order valence-electron chi connectivity index (χ0n) is 36.8. The number of aliphatic hydroxyl groups is 6. The van der Waals surface area contributed by atoms with Gasteiger partial charge in [-0.3, -0.25) is 10.1 Å². The monoisotopic (exact) mass is 943 g/mol. The molecule has 0 amide bonds. The van der Waals surface area contributed by atoms with Crippen LogP contribution in [0.3, 0.4) is 0 Å². The van der Waals surface area contributed by atoms with Crippen molar-refractivity contribution in [3.63, 3.8) is 0 Å². The molecule has 10 N–H and O–H groups in total. The minimum Gasteiger partial charge on any atom is -0.508 e. The Bertz CT molecular complexity index is 2770. The number of hydrogen-bond donors (Lipinski definition) is 10. The second kappa shape index (κ2) is 21.6. The number of ether oxygens (including phenoxy) is 3. The summed E-state index contributed by atoms with van der Waals surface area (Å²) in [6.07, 6.45) is -6.88. The summed E-state index contributed by atoms with van der Waals surface area (Å²) in [4.78, 5) is 59.6. The SMILES string of the molecule is Cc1cc(CCCCO)cc(-c2c3[nH]ccc3cn2OC2C(Oc3ccc4c(=O)c(-c5ccc(O)cc5)coc4c3)OC(C(O)OC(=O)C(NCCC=O)C(=O)O)C(O)C2(O)C(O)CCCO)c1. The van der Waals surface area contributed by atoms with Crippen molar-refractivity contribution in [1.82, 2.24) is 15.0 Å². The predicted octanol–water partition coefficient (Wildman–Crippen LogP) is 2.06. The van der Waals surface area contributed by atoms with Crippen LogP contribution in [0.2, 0.25) is 0 Å². The molecule has 68 heavy (non-hydrogen) atoms. The molecule has 20 nitrogen and oxygen atoms in total. The number of aliphatic hydroxyl groups excluding tert-OH is 5. The van der Waals surface area contributed by atoms with Gasteiger partial charge in [-0.1, -0.05) is 23.8 Å². The third-order valence-electron chi connectivity index (χ3n) is 11.7. The van der Waals surface area contributed by atoms with Crippen molar-refractivity contribution >= 4 is 40.1 Å². The first-order valence-corrected chi connectivity index (χ1v) is 21.9. The summed E-state index contributed by atoms with van der Waals surface area (Å²) in [6, 6.07) is 15.4. The number of esters is 1. The van der Waals surface area contributed by atoms with Crippen LogP contribution in [0.4, 0.5) is 0 Å². The molecule has 8 atom stereocenters. The molecule has 0 saturated carbocycles. The van der Waals surface area contributed by atoms with Gasteiger partial charge in [0.15, 0.2) is 17.1 Å². The van der Waals surface area contributed by atoms with Gasteiger partial charge in [-0.05, 0) is 92.6 Å². The van der Waals surface area contributed by atoms with E-state index in [1.54, 1.807) is 30.6 Å². The van der Waals surface area contributed by atoms with Gasteiger partial charge in [0.2, 0.25) is 24.7 Å². The Morgan fingerprint density at radius 2 is 1.76 bits per heavy atom. The topological polar surface area (TPSA) is 313 Å². The number of phenols is 1. The fraction of sp³-hybridized carbons (Fsp3) is 0.375. The third-order valence-corrected chi connectivity index (χ3v) is 11.7. The number of aliphatic carboxylic acids is 1. The molecule has 1 fully saturated rings. The highest BCUT2D eigenvalue weighted by atomic mass is 16.8. The molecule has 0 aliphatic carbocycles. The van der Waals surface area contributed by atoms with Crippen molar-refractivity contribution in [2.24, 2.45) is 0 Å². The normalized spacial score (nSPS) is 20.8. The summed E-state index contributed by atoms with van der Waals surface area (Å²) in [6.45, 7) is 1.22. The van der Waals surface area contributed by atoms with Gasteiger partial charge in [-0.15, -0.1) is 0 Å². The molecule has 1 aliphatic rings. The molecule has 0 bridgehead atoms. The number of nitrogens with one attached hydrogen (secondary N) is 2. The second-order valence-electron chi connectivity index (χ2n) is 16.5. The highest BCUT2D eigenvalue weighted by Gasteiger charge is 2.64. The van der Waals surface area contributed by atoms with Gasteiger partial charge >= 0.3 is 11.9 Å². The van der Waals surface area contributed by atoms with E-state index >= 15 is 0 Å². The van der Waals surface area contributed by atoms with Crippen LogP contribution in [0, 0.1) is 6.92 Å². The summed E-state index contributed by atoms with van der Waals surface area (Å²) >= 11 is 0. The molecule has 7 rings (SSSR count). The lowest BCUT2D eigenvalue weighted by Crippen LogP contribution is -2.75. The van der Waals surface area contributed by atoms with Gasteiger partial charge < -0.3 is 74.1 Å². The Balaban J connectivity index is 1.33. The first-order chi connectivity index (χ1) is 32.7. The Labute approximate surface area is 387 Å². The number of carboxylic acids is 1. The van der Waals surface area contributed by atoms with Crippen LogP contribution >= 0.6 is 0 Å². The number of carbonyl (C=O) groups is 3. The zero-order chi connectivity index (χ0) is 48.7. The summed E-state index contributed by atoms with van der Waals surface area (Å²) in [5, 5.41) is 90.1. The largest absolute Gasteiger partial charge is 0.508 e. The predicted molar refractivity (Wildman–Crippen MR) is 241 cm³/mol. The van der Waals surface area contributed by atoms with Gasteiger partial charge in [0.25, 0.3) is 0 Å². The van der Waals surface area contributed by atoms with Crippen molar-refractivity contribution in [3.8, 4) is 33.9 Å². The molecule has 1 saturated heterocycles. The minimum absolute atomic E-state index is 0.00561. The number of nitrogens with zero attached hydrogens (tertiary/aromatic N) is 1. The second-order valence-corrected chi connectivity index (χ2v) is 16.5. The summed E-state index contributed by atoms with van der Waals surface area (Å²) in [7, 11) is 0. The fourth-order valence-corrected chi connectivity index (χ4v) is 8.32. The van der Waals surface area contributed by atoms with E-state index < -0.39 is 72.6 Å². The number of carbonyl (C=O) groups excluding carboxylic acids is 2. The first-order valence-electron chi connectivity index (χ1n) is 21.9. The van der Waals surface area contributed by atoms with E-state index in [1.807, 2.05) is 25.1 Å². The zero-order valence-corrected chi connectivity index (χ0v) is 36.8. The van der Waals surface area contributed by atoms with E-state index in [2.05, 4.69) is 10.3 Å².